The highest BCUT2D eigenvalue weighted by Crippen LogP contribution is 1.95. The van der Waals surface area contributed by atoms with Gasteiger partial charge in [0, 0.05) is 13.5 Å². The summed E-state index contributed by atoms with van der Waals surface area (Å²) in [7, 11) is 0. The van der Waals surface area contributed by atoms with Crippen LogP contribution in [0.3, 0.4) is 0 Å². The van der Waals surface area contributed by atoms with Crippen molar-refractivity contribution < 1.29 is 5.11 Å². The smallest absolute Gasteiger partial charge is 0.0967 e. The lowest BCUT2D eigenvalue weighted by molar-refractivity contribution is 0.318. The van der Waals surface area contributed by atoms with Crippen LogP contribution in [0.1, 0.15) is 53.4 Å². The van der Waals surface area contributed by atoms with Crippen LogP contribution in [0.5, 0.6) is 0 Å². The van der Waals surface area contributed by atoms with Crippen LogP contribution in [0.2, 0.25) is 0 Å². The third-order valence-corrected chi connectivity index (χ3v) is 0.957. The molecule has 0 bridgehead atoms. The van der Waals surface area contributed by atoms with Gasteiger partial charge in [0.05, 0.1) is 11.4 Å². The average molecular weight is 258 g/mol. The van der Waals surface area contributed by atoms with Crippen LogP contribution < -0.4 is 0 Å². The number of aliphatic hydroxyl groups is 1. The highest BCUT2D eigenvalue weighted by molar-refractivity contribution is 6.40. The molecule has 0 unspecified atom stereocenters. The van der Waals surface area contributed by atoms with Crippen LogP contribution in [-0.4, -0.2) is 17.1 Å². The molecule has 0 aromatic rings. The second-order valence-corrected chi connectivity index (χ2v) is 3.16. The van der Waals surface area contributed by atoms with E-state index in [0.717, 1.165) is 0 Å². The van der Waals surface area contributed by atoms with Crippen molar-refractivity contribution in [1.29, 1.82) is 5.26 Å². The zero-order chi connectivity index (χ0) is 12.9. The molecule has 0 saturated carbocycles. The molecule has 0 fully saturated rings. The first-order chi connectivity index (χ1) is 7.16. The van der Waals surface area contributed by atoms with Crippen LogP contribution in [0, 0.1) is 11.3 Å². The normalized spacial score (nSPS) is 6.53. The topological polar surface area (TPSA) is 44.0 Å². The van der Waals surface area contributed by atoms with Crippen molar-refractivity contribution >= 4 is 23.2 Å². The van der Waals surface area contributed by atoms with Gasteiger partial charge in [-0.3, -0.25) is 0 Å². The number of nitrogens with zero attached hydrogens (tertiary/aromatic N) is 1. The second-order valence-electron chi connectivity index (χ2n) is 2.35. The summed E-state index contributed by atoms with van der Waals surface area (Å²) in [5, 5.41) is 15.1. The Hall–Kier alpha value is 0.0300. The number of unbranched alkanes of at least 4 members (excludes halogenated alkanes) is 3. The maximum absolute atomic E-state index is 7.57. The van der Waals surface area contributed by atoms with Gasteiger partial charge in [0.1, 0.15) is 0 Å². The van der Waals surface area contributed by atoms with Gasteiger partial charge in [0.25, 0.3) is 0 Å². The van der Waals surface area contributed by atoms with E-state index in [9.17, 15) is 0 Å². The molecule has 0 aliphatic rings. The maximum Gasteiger partial charge on any atom is 0.0967 e. The maximum atomic E-state index is 7.57. The van der Waals surface area contributed by atoms with Gasteiger partial charge >= 0.3 is 0 Å². The van der Waals surface area contributed by atoms with Gasteiger partial charge in [-0.15, -0.1) is 23.2 Å². The predicted octanol–water partition coefficient (Wildman–Crippen LogP) is 4.54. The van der Waals surface area contributed by atoms with E-state index in [2.05, 4.69) is 13.8 Å². The van der Waals surface area contributed by atoms with Gasteiger partial charge < -0.3 is 5.11 Å². The molecule has 15 heavy (non-hydrogen) atoms. The predicted molar refractivity (Wildman–Crippen MR) is 70.4 cm³/mol. The first kappa shape index (κ1) is 24.3. The van der Waals surface area contributed by atoms with Gasteiger partial charge in [-0.05, 0) is 6.92 Å². The zero-order valence-corrected chi connectivity index (χ0v) is 11.9. The lowest BCUT2D eigenvalue weighted by atomic mass is 10.2. The van der Waals surface area contributed by atoms with Crippen LogP contribution in [-0.2, 0) is 0 Å². The molecule has 0 aliphatic heterocycles. The van der Waals surface area contributed by atoms with E-state index >= 15 is 0 Å². The lowest BCUT2D eigenvalue weighted by Crippen LogP contribution is -1.66. The van der Waals surface area contributed by atoms with Crippen molar-refractivity contribution in [3.8, 4) is 6.07 Å². The molecule has 0 atom stereocenters. The summed E-state index contributed by atoms with van der Waals surface area (Å²) in [6.45, 7) is 7.82. The second kappa shape index (κ2) is 48.2. The van der Waals surface area contributed by atoms with Crippen LogP contribution in [0.25, 0.3) is 0 Å². The molecule has 0 aliphatic carbocycles. The highest BCUT2D eigenvalue weighted by Gasteiger charge is 1.75. The quantitative estimate of drug-likeness (QED) is 0.596. The van der Waals surface area contributed by atoms with E-state index < -0.39 is 0 Å². The minimum Gasteiger partial charge on any atom is -0.397 e. The molecular weight excluding hydrogens is 233 g/mol. The first-order valence-electron chi connectivity index (χ1n) is 5.20. The third-order valence-electron chi connectivity index (χ3n) is 0.957. The Bertz CT molecular complexity index is 89.1. The Morgan fingerprint density at radius 1 is 1.07 bits per heavy atom. The molecule has 2 nitrogen and oxygen atoms in total. The number of rotatable bonds is 3. The van der Waals surface area contributed by atoms with E-state index in [0.29, 0.717) is 0 Å². The fourth-order valence-electron chi connectivity index (χ4n) is 0.500. The number of halogens is 2. The summed E-state index contributed by atoms with van der Waals surface area (Å²) in [6.07, 6.45) is 5.54. The van der Waals surface area contributed by atoms with Crippen molar-refractivity contribution in [3.63, 3.8) is 0 Å². The van der Waals surface area contributed by atoms with Crippen molar-refractivity contribution in [3.05, 3.63) is 0 Å². The summed E-state index contributed by atoms with van der Waals surface area (Å²) in [5.41, 5.74) is 0. The number of aliphatic hydroxyl groups excluding tert-OH is 1. The monoisotopic (exact) mass is 257 g/mol. The first-order valence-corrected chi connectivity index (χ1v) is 6.26. The third kappa shape index (κ3) is 221. The van der Waals surface area contributed by atoms with Crippen molar-refractivity contribution in [1.82, 2.24) is 0 Å². The fraction of sp³-hybridized carbons (Fsp3) is 0.909. The molecule has 0 aromatic carbocycles. The molecule has 0 spiro atoms. The van der Waals surface area contributed by atoms with E-state index in [1.807, 2.05) is 0 Å². The molecule has 0 amide bonds. The fourth-order valence-corrected chi connectivity index (χ4v) is 0.500. The number of hydrogen-bond donors (Lipinski definition) is 1. The lowest BCUT2D eigenvalue weighted by Gasteiger charge is -1.86. The number of hydrogen-bond acceptors (Lipinski definition) is 2. The summed E-state index contributed by atoms with van der Waals surface area (Å²) >= 11 is 9.53. The molecule has 0 heterocycles. The summed E-state index contributed by atoms with van der Waals surface area (Å²) < 4.78 is 0. The SMILES string of the molecule is CC#N.CCCCCC.CCO.ClCCl. The highest BCUT2D eigenvalue weighted by atomic mass is 35.5. The van der Waals surface area contributed by atoms with E-state index in [-0.39, 0.29) is 11.9 Å². The van der Waals surface area contributed by atoms with Gasteiger partial charge in [-0.2, -0.15) is 5.26 Å². The van der Waals surface area contributed by atoms with Gasteiger partial charge in [0.2, 0.25) is 0 Å². The van der Waals surface area contributed by atoms with E-state index in [1.165, 1.54) is 32.6 Å². The largest absolute Gasteiger partial charge is 0.397 e. The van der Waals surface area contributed by atoms with Gasteiger partial charge in [0.15, 0.2) is 0 Å². The molecule has 94 valence electrons. The molecular formula is C11H25Cl2NO. The minimum absolute atomic E-state index is 0.194. The Kier molecular flexibility index (Phi) is 78.1. The van der Waals surface area contributed by atoms with Crippen LogP contribution in [0.15, 0.2) is 0 Å². The number of nitriles is 1. The molecule has 0 aromatic heterocycles. The Balaban J connectivity index is -0.0000000581. The molecule has 4 heteroatoms. The van der Waals surface area contributed by atoms with Crippen molar-refractivity contribution in [2.75, 3.05) is 11.9 Å². The Morgan fingerprint density at radius 3 is 1.27 bits per heavy atom. The van der Waals surface area contributed by atoms with Gasteiger partial charge in [-0.1, -0.05) is 39.5 Å². The minimum atomic E-state index is 0.194. The molecule has 0 radical (unpaired) electrons. The van der Waals surface area contributed by atoms with Crippen molar-refractivity contribution in [2.45, 2.75) is 53.4 Å². The van der Waals surface area contributed by atoms with Crippen LogP contribution >= 0.6 is 23.2 Å². The zero-order valence-electron chi connectivity index (χ0n) is 10.4. The Labute approximate surface area is 105 Å². The standard InChI is InChI=1S/C6H14.C2H3N.C2H6O.CH2Cl2/c1-3-5-6-4-2;2*1-2-3;2-1-3/h3-6H2,1-2H3;1H3;3H,2H2,1H3;1H2. The molecule has 1 N–H and O–H groups in total. The van der Waals surface area contributed by atoms with E-state index in [4.69, 9.17) is 33.6 Å². The summed E-state index contributed by atoms with van der Waals surface area (Å²) in [5.74, 6) is 0. The van der Waals surface area contributed by atoms with Crippen LogP contribution in [0.4, 0.5) is 0 Å². The Morgan fingerprint density at radius 2 is 1.20 bits per heavy atom. The molecule has 0 rings (SSSR count). The summed E-state index contributed by atoms with van der Waals surface area (Å²) in [6, 6.07) is 1.75. The molecule has 0 saturated heterocycles. The average Bonchev–Trinajstić information content (AvgIpc) is 2.18. The van der Waals surface area contributed by atoms with Crippen molar-refractivity contribution in [2.24, 2.45) is 0 Å². The van der Waals surface area contributed by atoms with Gasteiger partial charge in [-0.25, -0.2) is 0 Å². The number of alkyl halides is 2. The van der Waals surface area contributed by atoms with E-state index in [1.54, 1.807) is 13.0 Å². The summed E-state index contributed by atoms with van der Waals surface area (Å²) in [4.78, 5) is 0.